The molecule has 2 rings (SSSR count). The van der Waals surface area contributed by atoms with Crippen LogP contribution in [0.4, 0.5) is 5.69 Å². The van der Waals surface area contributed by atoms with E-state index in [0.29, 0.717) is 6.42 Å². The largest absolute Gasteiger partial charge is 0.326 e. The highest BCUT2D eigenvalue weighted by Gasteiger charge is 2.08. The number of nitrogens with one attached hydrogen (secondary N) is 2. The van der Waals surface area contributed by atoms with E-state index >= 15 is 0 Å². The van der Waals surface area contributed by atoms with Gasteiger partial charge in [-0.15, -0.1) is 0 Å². The molecule has 2 amide bonds. The number of aryl methyl sites for hydroxylation is 2. The zero-order chi connectivity index (χ0) is 18.9. The summed E-state index contributed by atoms with van der Waals surface area (Å²) in [4.78, 5) is 24.0. The third-order valence-corrected chi connectivity index (χ3v) is 4.13. The normalized spacial score (nSPS) is 11.1. The van der Waals surface area contributed by atoms with Crippen molar-refractivity contribution in [2.75, 3.05) is 5.32 Å². The molecule has 5 heteroatoms. The van der Waals surface area contributed by atoms with E-state index < -0.39 is 0 Å². The second kappa shape index (κ2) is 9.51. The van der Waals surface area contributed by atoms with Gasteiger partial charge in [-0.25, -0.2) is 5.43 Å². The average Bonchev–Trinajstić information content (AvgIpc) is 2.64. The van der Waals surface area contributed by atoms with Crippen LogP contribution in [-0.2, 0) is 9.59 Å². The first-order valence-electron chi connectivity index (χ1n) is 8.77. The third-order valence-electron chi connectivity index (χ3n) is 4.13. The van der Waals surface area contributed by atoms with Crippen LogP contribution in [0, 0.1) is 13.8 Å². The van der Waals surface area contributed by atoms with Crippen LogP contribution >= 0.6 is 0 Å². The van der Waals surface area contributed by atoms with Crippen molar-refractivity contribution in [3.05, 3.63) is 65.2 Å². The molecule has 0 bridgehead atoms. The van der Waals surface area contributed by atoms with E-state index in [1.54, 1.807) is 0 Å². The summed E-state index contributed by atoms with van der Waals surface area (Å²) in [5, 5.41) is 6.99. The van der Waals surface area contributed by atoms with Gasteiger partial charge in [0.05, 0.1) is 5.71 Å². The minimum absolute atomic E-state index is 0.0892. The number of carbonyl (C=O) groups excluding carboxylic acids is 2. The highest BCUT2D eigenvalue weighted by molar-refractivity contribution is 6.01. The molecule has 2 aromatic rings. The van der Waals surface area contributed by atoms with Crippen molar-refractivity contribution in [2.45, 2.75) is 40.0 Å². The Hall–Kier alpha value is -2.95. The molecular formula is C21H25N3O2. The fraction of sp³-hybridized carbons (Fsp3) is 0.286. The Balaban J connectivity index is 1.83. The molecule has 0 saturated heterocycles. The Kier molecular flexibility index (Phi) is 7.09. The monoisotopic (exact) mass is 351 g/mol. The molecule has 2 aromatic carbocycles. The summed E-state index contributed by atoms with van der Waals surface area (Å²) in [6.07, 6.45) is 0.907. The van der Waals surface area contributed by atoms with E-state index in [2.05, 4.69) is 15.8 Å². The molecular weight excluding hydrogens is 326 g/mol. The van der Waals surface area contributed by atoms with Gasteiger partial charge in [-0.2, -0.15) is 5.10 Å². The van der Waals surface area contributed by atoms with Crippen LogP contribution in [0.5, 0.6) is 0 Å². The van der Waals surface area contributed by atoms with Crippen molar-refractivity contribution in [1.29, 1.82) is 0 Å². The van der Waals surface area contributed by atoms with Crippen molar-refractivity contribution < 1.29 is 9.59 Å². The van der Waals surface area contributed by atoms with Gasteiger partial charge in [-0.05, 0) is 49.1 Å². The second-order valence-electron chi connectivity index (χ2n) is 6.16. The quantitative estimate of drug-likeness (QED) is 0.586. The summed E-state index contributed by atoms with van der Waals surface area (Å²) in [7, 11) is 0. The minimum Gasteiger partial charge on any atom is -0.326 e. The molecule has 0 saturated carbocycles. The second-order valence-corrected chi connectivity index (χ2v) is 6.16. The van der Waals surface area contributed by atoms with E-state index in [4.69, 9.17) is 0 Å². The fourth-order valence-corrected chi connectivity index (χ4v) is 2.43. The summed E-state index contributed by atoms with van der Waals surface area (Å²) < 4.78 is 0. The maximum atomic E-state index is 12.0. The van der Waals surface area contributed by atoms with Crippen molar-refractivity contribution >= 4 is 23.2 Å². The van der Waals surface area contributed by atoms with Gasteiger partial charge in [0.2, 0.25) is 11.8 Å². The Labute approximate surface area is 154 Å². The van der Waals surface area contributed by atoms with Crippen LogP contribution in [0.2, 0.25) is 0 Å². The molecule has 0 fully saturated rings. The molecule has 5 nitrogen and oxygen atoms in total. The number of hydrogen-bond donors (Lipinski definition) is 2. The van der Waals surface area contributed by atoms with E-state index in [1.807, 2.05) is 69.3 Å². The summed E-state index contributed by atoms with van der Waals surface area (Å²) in [6, 6.07) is 15.4. The van der Waals surface area contributed by atoms with Gasteiger partial charge in [0.25, 0.3) is 0 Å². The van der Waals surface area contributed by atoms with E-state index in [-0.39, 0.29) is 24.7 Å². The summed E-state index contributed by atoms with van der Waals surface area (Å²) in [5.74, 6) is -0.465. The lowest BCUT2D eigenvalue weighted by Gasteiger charge is -2.08. The van der Waals surface area contributed by atoms with Gasteiger partial charge < -0.3 is 5.32 Å². The number of nitrogens with zero attached hydrogens (tertiary/aromatic N) is 1. The maximum absolute atomic E-state index is 12.0. The molecule has 0 aliphatic rings. The molecule has 0 radical (unpaired) electrons. The molecule has 0 aromatic heterocycles. The molecule has 0 unspecified atom stereocenters. The zero-order valence-corrected chi connectivity index (χ0v) is 15.5. The number of hydrazone groups is 1. The van der Waals surface area contributed by atoms with E-state index in [1.165, 1.54) is 5.56 Å². The number of carbonyl (C=O) groups is 2. The van der Waals surface area contributed by atoms with Gasteiger partial charge >= 0.3 is 0 Å². The molecule has 0 spiro atoms. The first kappa shape index (κ1) is 19.4. The fourth-order valence-electron chi connectivity index (χ4n) is 2.43. The van der Waals surface area contributed by atoms with Crippen LogP contribution < -0.4 is 10.7 Å². The number of rotatable bonds is 7. The van der Waals surface area contributed by atoms with Crippen molar-refractivity contribution in [2.24, 2.45) is 5.10 Å². The van der Waals surface area contributed by atoms with Crippen molar-refractivity contribution in [3.63, 3.8) is 0 Å². The smallest absolute Gasteiger partial charge is 0.240 e. The lowest BCUT2D eigenvalue weighted by atomic mass is 10.1. The number of anilines is 1. The van der Waals surface area contributed by atoms with Crippen LogP contribution in [0.25, 0.3) is 0 Å². The lowest BCUT2D eigenvalue weighted by molar-refractivity contribution is -0.124. The van der Waals surface area contributed by atoms with Crippen molar-refractivity contribution in [1.82, 2.24) is 5.43 Å². The number of benzene rings is 2. The highest BCUT2D eigenvalue weighted by Crippen LogP contribution is 2.14. The Morgan fingerprint density at radius 2 is 1.62 bits per heavy atom. The number of amides is 2. The average molecular weight is 351 g/mol. The Morgan fingerprint density at radius 1 is 0.923 bits per heavy atom. The predicted octanol–water partition coefficient (Wildman–Crippen LogP) is 3.95. The molecule has 0 aliphatic heterocycles. The minimum atomic E-state index is -0.276. The van der Waals surface area contributed by atoms with Crippen LogP contribution in [0.1, 0.15) is 42.9 Å². The zero-order valence-electron chi connectivity index (χ0n) is 15.5. The van der Waals surface area contributed by atoms with E-state index in [9.17, 15) is 9.59 Å². The topological polar surface area (TPSA) is 70.6 Å². The maximum Gasteiger partial charge on any atom is 0.240 e. The molecule has 0 heterocycles. The van der Waals surface area contributed by atoms with Crippen molar-refractivity contribution in [3.8, 4) is 0 Å². The standard InChI is InChI=1S/C21H25N3O2/c1-4-19(17-8-6-5-7-9-17)23-24-21(26)13-12-20(25)22-18-11-10-15(2)16(3)14-18/h5-11,14H,4,12-13H2,1-3H3,(H,22,25)(H,24,26)/b23-19+. The third kappa shape index (κ3) is 5.84. The van der Waals surface area contributed by atoms with Gasteiger partial charge in [-0.3, -0.25) is 9.59 Å². The molecule has 0 atom stereocenters. The first-order valence-corrected chi connectivity index (χ1v) is 8.77. The summed E-state index contributed by atoms with van der Waals surface area (Å²) >= 11 is 0. The Bertz CT molecular complexity index is 798. The molecule has 26 heavy (non-hydrogen) atoms. The molecule has 2 N–H and O–H groups in total. The summed E-state index contributed by atoms with van der Waals surface area (Å²) in [5.41, 5.74) is 7.35. The molecule has 136 valence electrons. The number of hydrogen-bond acceptors (Lipinski definition) is 3. The van der Waals surface area contributed by atoms with Gasteiger partial charge in [-0.1, -0.05) is 43.3 Å². The van der Waals surface area contributed by atoms with Gasteiger partial charge in [0, 0.05) is 18.5 Å². The van der Waals surface area contributed by atoms with Gasteiger partial charge in [0.15, 0.2) is 0 Å². The van der Waals surface area contributed by atoms with E-state index in [0.717, 1.165) is 22.5 Å². The highest BCUT2D eigenvalue weighted by atomic mass is 16.2. The lowest BCUT2D eigenvalue weighted by Crippen LogP contribution is -2.22. The predicted molar refractivity (Wildman–Crippen MR) is 105 cm³/mol. The van der Waals surface area contributed by atoms with Crippen LogP contribution in [0.15, 0.2) is 53.6 Å². The first-order chi connectivity index (χ1) is 12.5. The van der Waals surface area contributed by atoms with Gasteiger partial charge in [0.1, 0.15) is 0 Å². The summed E-state index contributed by atoms with van der Waals surface area (Å²) in [6.45, 7) is 6.00. The van der Waals surface area contributed by atoms with Crippen LogP contribution in [0.3, 0.4) is 0 Å². The SMILES string of the molecule is CC/C(=N\NC(=O)CCC(=O)Nc1ccc(C)c(C)c1)c1ccccc1. The molecule has 0 aliphatic carbocycles. The Morgan fingerprint density at radius 3 is 2.27 bits per heavy atom. The van der Waals surface area contributed by atoms with Crippen LogP contribution in [-0.4, -0.2) is 17.5 Å².